The van der Waals surface area contributed by atoms with Crippen molar-refractivity contribution in [2.75, 3.05) is 0 Å². The monoisotopic (exact) mass is 266 g/mol. The lowest BCUT2D eigenvalue weighted by Crippen LogP contribution is -2.34. The van der Waals surface area contributed by atoms with Crippen LogP contribution in [0.2, 0.25) is 0 Å². The van der Waals surface area contributed by atoms with Crippen molar-refractivity contribution >= 4 is 11.8 Å². The average molecular weight is 266 g/mol. The number of benzene rings is 1. The van der Waals surface area contributed by atoms with Gasteiger partial charge in [-0.2, -0.15) is 11.8 Å². The Morgan fingerprint density at radius 1 is 1.17 bits per heavy atom. The summed E-state index contributed by atoms with van der Waals surface area (Å²) in [5, 5.41) is 12.1. The van der Waals surface area contributed by atoms with Crippen molar-refractivity contribution < 1.29 is 9.50 Å². The quantitative estimate of drug-likeness (QED) is 0.836. The van der Waals surface area contributed by atoms with Gasteiger partial charge in [0.15, 0.2) is 0 Å². The molecule has 0 radical (unpaired) electrons. The molecule has 2 aliphatic rings. The molecule has 2 bridgehead atoms. The average Bonchev–Trinajstić information content (AvgIpc) is 2.65. The Balaban J connectivity index is 1.99. The molecule has 2 saturated heterocycles. The molecule has 2 aliphatic heterocycles. The van der Waals surface area contributed by atoms with Crippen molar-refractivity contribution in [3.63, 3.8) is 0 Å². The molecule has 18 heavy (non-hydrogen) atoms. The molecule has 2 atom stereocenters. The van der Waals surface area contributed by atoms with Crippen LogP contribution in [0.4, 0.5) is 4.39 Å². The number of hydrogen-bond acceptors (Lipinski definition) is 2. The van der Waals surface area contributed by atoms with E-state index >= 15 is 0 Å². The van der Waals surface area contributed by atoms with E-state index < -0.39 is 5.60 Å². The van der Waals surface area contributed by atoms with E-state index in [0.29, 0.717) is 21.6 Å². The Labute approximate surface area is 112 Å². The number of fused-ring (bicyclic) bond motifs is 2. The van der Waals surface area contributed by atoms with Crippen LogP contribution in [0.25, 0.3) is 0 Å². The third-order valence-corrected chi connectivity index (χ3v) is 5.87. The summed E-state index contributed by atoms with van der Waals surface area (Å²) in [6.45, 7) is 3.56. The van der Waals surface area contributed by atoms with E-state index in [-0.39, 0.29) is 5.82 Å². The van der Waals surface area contributed by atoms with Crippen LogP contribution >= 0.6 is 11.8 Å². The molecule has 1 N–H and O–H groups in total. The smallest absolute Gasteiger partial charge is 0.129 e. The van der Waals surface area contributed by atoms with E-state index in [0.717, 1.165) is 18.4 Å². The normalized spacial score (nSPS) is 34.9. The van der Waals surface area contributed by atoms with Gasteiger partial charge in [-0.1, -0.05) is 12.1 Å². The fraction of sp³-hybridized carbons (Fsp3) is 0.600. The zero-order valence-electron chi connectivity index (χ0n) is 10.9. The predicted octanol–water partition coefficient (Wildman–Crippen LogP) is 3.69. The number of aryl methyl sites for hydroxylation is 2. The van der Waals surface area contributed by atoms with Crippen LogP contribution in [-0.2, 0) is 5.60 Å². The Kier molecular flexibility index (Phi) is 2.94. The number of thioether (sulfide) groups is 1. The van der Waals surface area contributed by atoms with Crippen LogP contribution in [0.1, 0.15) is 42.4 Å². The van der Waals surface area contributed by atoms with Crippen LogP contribution in [-0.4, -0.2) is 15.6 Å². The molecule has 1 aromatic carbocycles. The lowest BCUT2D eigenvalue weighted by Gasteiger charge is -2.36. The van der Waals surface area contributed by atoms with Crippen molar-refractivity contribution in [3.8, 4) is 0 Å². The first-order valence-corrected chi connectivity index (χ1v) is 7.57. The highest BCUT2D eigenvalue weighted by Crippen LogP contribution is 2.51. The van der Waals surface area contributed by atoms with Gasteiger partial charge in [0.2, 0.25) is 0 Å². The molecule has 1 nitrogen and oxygen atoms in total. The minimum atomic E-state index is -0.736. The summed E-state index contributed by atoms with van der Waals surface area (Å²) in [6.07, 6.45) is 4.07. The van der Waals surface area contributed by atoms with Crippen molar-refractivity contribution in [1.29, 1.82) is 0 Å². The summed E-state index contributed by atoms with van der Waals surface area (Å²) in [6, 6.07) is 3.66. The maximum atomic E-state index is 13.7. The van der Waals surface area contributed by atoms with Gasteiger partial charge in [-0.25, -0.2) is 4.39 Å². The lowest BCUT2D eigenvalue weighted by atomic mass is 9.84. The van der Waals surface area contributed by atoms with Gasteiger partial charge in [0.05, 0.1) is 5.60 Å². The number of rotatable bonds is 1. The summed E-state index contributed by atoms with van der Waals surface area (Å²) < 4.78 is 13.7. The highest BCUT2D eigenvalue weighted by molar-refractivity contribution is 8.00. The SMILES string of the molecule is Cc1cc(C2(O)CC3CCC(C2)S3)cc(C)c1F. The fourth-order valence-electron chi connectivity index (χ4n) is 3.37. The molecule has 2 heterocycles. The molecule has 2 unspecified atom stereocenters. The summed E-state index contributed by atoms with van der Waals surface area (Å²) in [5.74, 6) is -0.143. The molecular weight excluding hydrogens is 247 g/mol. The Bertz CT molecular complexity index is 450. The van der Waals surface area contributed by atoms with Gasteiger partial charge in [0.25, 0.3) is 0 Å². The molecule has 0 amide bonds. The first kappa shape index (κ1) is 12.5. The molecule has 98 valence electrons. The molecule has 2 fully saturated rings. The van der Waals surface area contributed by atoms with E-state index in [9.17, 15) is 9.50 Å². The van der Waals surface area contributed by atoms with Gasteiger partial charge in [-0.05, 0) is 56.2 Å². The molecular formula is C15H19FOS. The van der Waals surface area contributed by atoms with Crippen LogP contribution in [0, 0.1) is 19.7 Å². The number of halogens is 1. The summed E-state index contributed by atoms with van der Waals surface area (Å²) in [7, 11) is 0. The van der Waals surface area contributed by atoms with Crippen molar-refractivity contribution in [3.05, 3.63) is 34.6 Å². The summed E-state index contributed by atoms with van der Waals surface area (Å²) >= 11 is 2.03. The van der Waals surface area contributed by atoms with Crippen LogP contribution < -0.4 is 0 Å². The van der Waals surface area contributed by atoms with E-state index in [1.807, 2.05) is 23.9 Å². The Morgan fingerprint density at radius 3 is 2.17 bits per heavy atom. The first-order chi connectivity index (χ1) is 8.48. The maximum absolute atomic E-state index is 13.7. The Morgan fingerprint density at radius 2 is 1.67 bits per heavy atom. The zero-order chi connectivity index (χ0) is 12.9. The van der Waals surface area contributed by atoms with Crippen molar-refractivity contribution in [1.82, 2.24) is 0 Å². The summed E-state index contributed by atoms with van der Waals surface area (Å²) in [4.78, 5) is 0. The van der Waals surface area contributed by atoms with Gasteiger partial charge in [0, 0.05) is 10.5 Å². The number of hydrogen-bond donors (Lipinski definition) is 1. The van der Waals surface area contributed by atoms with E-state index in [1.54, 1.807) is 13.8 Å². The summed E-state index contributed by atoms with van der Waals surface area (Å²) in [5.41, 5.74) is 1.46. The molecule has 1 aromatic rings. The van der Waals surface area contributed by atoms with E-state index in [2.05, 4.69) is 0 Å². The highest BCUT2D eigenvalue weighted by Gasteiger charge is 2.44. The van der Waals surface area contributed by atoms with E-state index in [1.165, 1.54) is 12.8 Å². The van der Waals surface area contributed by atoms with Crippen molar-refractivity contribution in [2.45, 2.75) is 55.6 Å². The topological polar surface area (TPSA) is 20.2 Å². The molecule has 0 saturated carbocycles. The van der Waals surface area contributed by atoms with E-state index in [4.69, 9.17) is 0 Å². The van der Waals surface area contributed by atoms with Crippen LogP contribution in [0.5, 0.6) is 0 Å². The van der Waals surface area contributed by atoms with Gasteiger partial charge in [-0.15, -0.1) is 0 Å². The van der Waals surface area contributed by atoms with Crippen molar-refractivity contribution in [2.24, 2.45) is 0 Å². The molecule has 0 aliphatic carbocycles. The largest absolute Gasteiger partial charge is 0.385 e. The minimum Gasteiger partial charge on any atom is -0.385 e. The second-order valence-electron chi connectivity index (χ2n) is 5.82. The van der Waals surface area contributed by atoms with Crippen LogP contribution in [0.3, 0.4) is 0 Å². The van der Waals surface area contributed by atoms with Gasteiger partial charge >= 0.3 is 0 Å². The maximum Gasteiger partial charge on any atom is 0.129 e. The number of aliphatic hydroxyl groups is 1. The molecule has 3 heteroatoms. The lowest BCUT2D eigenvalue weighted by molar-refractivity contribution is 0.0194. The van der Waals surface area contributed by atoms with Gasteiger partial charge < -0.3 is 5.11 Å². The fourth-order valence-corrected chi connectivity index (χ4v) is 5.20. The minimum absolute atomic E-state index is 0.143. The highest BCUT2D eigenvalue weighted by atomic mass is 32.2. The molecule has 3 rings (SSSR count). The Hall–Kier alpha value is -0.540. The van der Waals surface area contributed by atoms with Gasteiger partial charge in [-0.3, -0.25) is 0 Å². The van der Waals surface area contributed by atoms with Crippen LogP contribution in [0.15, 0.2) is 12.1 Å². The third kappa shape index (κ3) is 1.97. The standard InChI is InChI=1S/C15H19FOS/c1-9-5-11(6-10(2)14(9)16)15(17)7-12-3-4-13(8-15)18-12/h5-6,12-13,17H,3-4,7-8H2,1-2H3. The first-order valence-electron chi connectivity index (χ1n) is 6.63. The third-order valence-electron chi connectivity index (χ3n) is 4.30. The predicted molar refractivity (Wildman–Crippen MR) is 73.4 cm³/mol. The molecule has 0 aromatic heterocycles. The molecule has 0 spiro atoms. The van der Waals surface area contributed by atoms with Gasteiger partial charge in [0.1, 0.15) is 5.82 Å². The zero-order valence-corrected chi connectivity index (χ0v) is 11.7. The second-order valence-corrected chi connectivity index (χ2v) is 7.43. The second kappa shape index (κ2) is 4.24.